The van der Waals surface area contributed by atoms with Gasteiger partial charge in [0.1, 0.15) is 11.6 Å². The van der Waals surface area contributed by atoms with Crippen LogP contribution in [0.25, 0.3) is 0 Å². The molecular weight excluding hydrogens is 260 g/mol. The summed E-state index contributed by atoms with van der Waals surface area (Å²) in [5.41, 5.74) is 7.10. The van der Waals surface area contributed by atoms with Crippen molar-refractivity contribution in [1.82, 2.24) is 14.8 Å². The molecule has 21 heavy (non-hydrogen) atoms. The first kappa shape index (κ1) is 12.6. The minimum absolute atomic E-state index is 0.289. The molecule has 5 aliphatic rings. The van der Waals surface area contributed by atoms with Crippen LogP contribution >= 0.6 is 0 Å². The van der Waals surface area contributed by atoms with Crippen molar-refractivity contribution in [3.8, 4) is 0 Å². The van der Waals surface area contributed by atoms with Gasteiger partial charge in [0, 0.05) is 24.4 Å². The zero-order chi connectivity index (χ0) is 14.2. The molecule has 0 aromatic carbocycles. The van der Waals surface area contributed by atoms with Crippen molar-refractivity contribution in [2.75, 3.05) is 0 Å². The highest BCUT2D eigenvalue weighted by Gasteiger charge is 2.58. The molecule has 2 N–H and O–H groups in total. The summed E-state index contributed by atoms with van der Waals surface area (Å²) in [6, 6.07) is 0.289. The number of aromatic nitrogens is 3. The SMILES string of the molecule is CC12CC3CC(C1)CC(c1nnc4n1CC(N)CC4)(C3)C2. The molecule has 4 fully saturated rings. The molecule has 1 aromatic heterocycles. The lowest BCUT2D eigenvalue weighted by molar-refractivity contribution is -0.0663. The second-order valence-corrected chi connectivity index (χ2v) is 8.90. The average molecular weight is 286 g/mol. The number of hydrogen-bond acceptors (Lipinski definition) is 3. The van der Waals surface area contributed by atoms with E-state index in [-0.39, 0.29) is 6.04 Å². The van der Waals surface area contributed by atoms with Gasteiger partial charge < -0.3 is 10.3 Å². The van der Waals surface area contributed by atoms with E-state index in [0.29, 0.717) is 10.8 Å². The van der Waals surface area contributed by atoms with E-state index in [1.165, 1.54) is 50.2 Å². The number of hydrogen-bond donors (Lipinski definition) is 1. The molecule has 4 heteroatoms. The molecule has 0 radical (unpaired) electrons. The molecule has 114 valence electrons. The van der Waals surface area contributed by atoms with Crippen molar-refractivity contribution in [2.24, 2.45) is 23.0 Å². The molecule has 4 bridgehead atoms. The Morgan fingerprint density at radius 3 is 2.62 bits per heavy atom. The number of nitrogens with two attached hydrogens (primary N) is 1. The van der Waals surface area contributed by atoms with Gasteiger partial charge in [0.2, 0.25) is 0 Å². The molecule has 6 rings (SSSR count). The highest BCUT2D eigenvalue weighted by Crippen LogP contribution is 2.65. The predicted octanol–water partition coefficient (Wildman–Crippen LogP) is 2.41. The maximum Gasteiger partial charge on any atom is 0.139 e. The maximum absolute atomic E-state index is 6.22. The molecular formula is C17H26N4. The fourth-order valence-electron chi connectivity index (χ4n) is 6.73. The summed E-state index contributed by atoms with van der Waals surface area (Å²) in [6.45, 7) is 3.46. The first-order valence-corrected chi connectivity index (χ1v) is 8.73. The molecule has 2 heterocycles. The van der Waals surface area contributed by atoms with Crippen LogP contribution in [-0.4, -0.2) is 20.8 Å². The largest absolute Gasteiger partial charge is 0.326 e. The Bertz CT molecular complexity index is 576. The predicted molar refractivity (Wildman–Crippen MR) is 80.8 cm³/mol. The smallest absolute Gasteiger partial charge is 0.139 e. The summed E-state index contributed by atoms with van der Waals surface area (Å²) in [5.74, 6) is 4.35. The van der Waals surface area contributed by atoms with Gasteiger partial charge in [-0.3, -0.25) is 0 Å². The van der Waals surface area contributed by atoms with Crippen molar-refractivity contribution in [2.45, 2.75) is 76.3 Å². The summed E-state index contributed by atoms with van der Waals surface area (Å²) >= 11 is 0. The van der Waals surface area contributed by atoms with Crippen molar-refractivity contribution >= 4 is 0 Å². The minimum Gasteiger partial charge on any atom is -0.326 e. The maximum atomic E-state index is 6.22. The van der Waals surface area contributed by atoms with E-state index in [4.69, 9.17) is 10.8 Å². The quantitative estimate of drug-likeness (QED) is 0.862. The monoisotopic (exact) mass is 286 g/mol. The van der Waals surface area contributed by atoms with E-state index in [1.807, 2.05) is 0 Å². The van der Waals surface area contributed by atoms with Gasteiger partial charge in [-0.2, -0.15) is 0 Å². The van der Waals surface area contributed by atoms with Gasteiger partial charge in [0.05, 0.1) is 0 Å². The van der Waals surface area contributed by atoms with E-state index in [1.54, 1.807) is 0 Å². The molecule has 0 amide bonds. The number of aryl methyl sites for hydroxylation is 1. The second-order valence-electron chi connectivity index (χ2n) is 8.90. The molecule has 1 aromatic rings. The summed E-state index contributed by atoms with van der Waals surface area (Å²) in [4.78, 5) is 0. The van der Waals surface area contributed by atoms with Gasteiger partial charge >= 0.3 is 0 Å². The summed E-state index contributed by atoms with van der Waals surface area (Å²) in [7, 11) is 0. The number of nitrogens with zero attached hydrogens (tertiary/aromatic N) is 3. The van der Waals surface area contributed by atoms with Crippen LogP contribution in [0, 0.1) is 17.3 Å². The van der Waals surface area contributed by atoms with Crippen molar-refractivity contribution in [1.29, 1.82) is 0 Å². The Morgan fingerprint density at radius 1 is 1.14 bits per heavy atom. The van der Waals surface area contributed by atoms with Gasteiger partial charge in [-0.25, -0.2) is 0 Å². The van der Waals surface area contributed by atoms with Crippen LogP contribution in [-0.2, 0) is 18.4 Å². The molecule has 4 aliphatic carbocycles. The Hall–Kier alpha value is -0.900. The third kappa shape index (κ3) is 1.71. The molecule has 1 aliphatic heterocycles. The van der Waals surface area contributed by atoms with Gasteiger partial charge in [0.25, 0.3) is 0 Å². The van der Waals surface area contributed by atoms with Crippen molar-refractivity contribution in [3.05, 3.63) is 11.6 Å². The van der Waals surface area contributed by atoms with E-state index in [9.17, 15) is 0 Å². The zero-order valence-electron chi connectivity index (χ0n) is 13.0. The van der Waals surface area contributed by atoms with E-state index >= 15 is 0 Å². The Balaban J connectivity index is 1.60. The van der Waals surface area contributed by atoms with Gasteiger partial charge in [0.15, 0.2) is 0 Å². The topological polar surface area (TPSA) is 56.7 Å². The highest BCUT2D eigenvalue weighted by molar-refractivity contribution is 5.21. The van der Waals surface area contributed by atoms with E-state index in [0.717, 1.165) is 31.2 Å². The lowest BCUT2D eigenvalue weighted by Gasteiger charge is -2.60. The van der Waals surface area contributed by atoms with Crippen LogP contribution < -0.4 is 5.73 Å². The van der Waals surface area contributed by atoms with Crippen LogP contribution in [0.5, 0.6) is 0 Å². The fourth-order valence-corrected chi connectivity index (χ4v) is 6.73. The van der Waals surface area contributed by atoms with Gasteiger partial charge in [-0.15, -0.1) is 10.2 Å². The van der Waals surface area contributed by atoms with Gasteiger partial charge in [-0.05, 0) is 62.2 Å². The van der Waals surface area contributed by atoms with Crippen LogP contribution in [0.1, 0.15) is 63.5 Å². The Morgan fingerprint density at radius 2 is 1.90 bits per heavy atom. The van der Waals surface area contributed by atoms with Crippen LogP contribution in [0.15, 0.2) is 0 Å². The number of rotatable bonds is 1. The normalized spacial score (nSPS) is 47.6. The highest BCUT2D eigenvalue weighted by atomic mass is 15.3. The lowest BCUT2D eigenvalue weighted by Crippen LogP contribution is -2.54. The third-order valence-corrected chi connectivity index (χ3v) is 6.81. The minimum atomic E-state index is 0.289. The fraction of sp³-hybridized carbons (Fsp3) is 0.882. The number of fused-ring (bicyclic) bond motifs is 1. The Labute approximate surface area is 126 Å². The van der Waals surface area contributed by atoms with Crippen LogP contribution in [0.4, 0.5) is 0 Å². The van der Waals surface area contributed by atoms with Crippen molar-refractivity contribution < 1.29 is 0 Å². The molecule has 0 spiro atoms. The Kier molecular flexibility index (Phi) is 2.34. The first-order chi connectivity index (χ1) is 10.1. The van der Waals surface area contributed by atoms with Crippen LogP contribution in [0.3, 0.4) is 0 Å². The van der Waals surface area contributed by atoms with Gasteiger partial charge in [-0.1, -0.05) is 6.92 Å². The van der Waals surface area contributed by atoms with E-state index < -0.39 is 0 Å². The second kappa shape index (κ2) is 3.89. The molecule has 3 atom stereocenters. The van der Waals surface area contributed by atoms with Crippen molar-refractivity contribution in [3.63, 3.8) is 0 Å². The summed E-state index contributed by atoms with van der Waals surface area (Å²) in [5, 5.41) is 9.24. The first-order valence-electron chi connectivity index (χ1n) is 8.73. The summed E-state index contributed by atoms with van der Waals surface area (Å²) < 4.78 is 2.41. The van der Waals surface area contributed by atoms with E-state index in [2.05, 4.69) is 16.6 Å². The third-order valence-electron chi connectivity index (χ3n) is 6.81. The lowest BCUT2D eigenvalue weighted by atomic mass is 9.44. The van der Waals surface area contributed by atoms with Crippen LogP contribution in [0.2, 0.25) is 0 Å². The molecule has 4 nitrogen and oxygen atoms in total. The zero-order valence-corrected chi connectivity index (χ0v) is 13.0. The average Bonchev–Trinajstić information content (AvgIpc) is 2.79. The molecule has 3 unspecified atom stereocenters. The molecule has 0 saturated heterocycles. The summed E-state index contributed by atoms with van der Waals surface area (Å²) in [6.07, 6.45) is 10.5. The molecule has 4 saturated carbocycles. The standard InChI is InChI=1S/C17H26N4/c1-16-5-11-4-12(6-16)8-17(7-11,10-16)15-20-19-14-3-2-13(18)9-21(14)15/h11-13H,2-10,18H2,1H3.